The van der Waals surface area contributed by atoms with Crippen molar-refractivity contribution >= 4 is 20.4 Å². The van der Waals surface area contributed by atoms with Gasteiger partial charge in [-0.05, 0) is 60.8 Å². The summed E-state index contributed by atoms with van der Waals surface area (Å²) in [4.78, 5) is 16.4. The van der Waals surface area contributed by atoms with E-state index < -0.39 is 26.5 Å². The predicted molar refractivity (Wildman–Crippen MR) is 153 cm³/mol. The van der Waals surface area contributed by atoms with Crippen LogP contribution in [0.5, 0.6) is 0 Å². The van der Waals surface area contributed by atoms with Gasteiger partial charge < -0.3 is 19.4 Å². The molecule has 2 atom stereocenters. The number of aliphatic hydroxyl groups is 2. The number of hydrogen-bond acceptors (Lipinski definition) is 6. The molecule has 6 nitrogen and oxygen atoms in total. The van der Waals surface area contributed by atoms with Gasteiger partial charge in [-0.2, -0.15) is 0 Å². The quantitative estimate of drug-likeness (QED) is 0.247. The van der Waals surface area contributed by atoms with E-state index in [1.807, 2.05) is 13.0 Å². The molecule has 0 fully saturated rings. The maximum absolute atomic E-state index is 13.7. The molecule has 0 bridgehead atoms. The summed E-state index contributed by atoms with van der Waals surface area (Å²) in [5, 5.41) is 20.8. The summed E-state index contributed by atoms with van der Waals surface area (Å²) in [6.07, 6.45) is 1.17. The number of carbonyl (C=O) groups excluding carboxylic acids is 1. The lowest BCUT2D eigenvalue weighted by atomic mass is 9.88. The zero-order valence-corrected chi connectivity index (χ0v) is 25.3. The molecule has 1 aromatic heterocycles. The van der Waals surface area contributed by atoms with E-state index in [1.54, 1.807) is 18.2 Å². The molecule has 0 aliphatic rings. The van der Waals surface area contributed by atoms with Crippen LogP contribution in [0, 0.1) is 12.7 Å². The van der Waals surface area contributed by atoms with Gasteiger partial charge in [0, 0.05) is 28.8 Å². The summed E-state index contributed by atoms with van der Waals surface area (Å²) in [5.74, 6) is -0.764. The van der Waals surface area contributed by atoms with Gasteiger partial charge in [0.1, 0.15) is 5.82 Å². The average molecular weight is 546 g/mol. The third kappa shape index (κ3) is 8.30. The molecule has 0 aliphatic carbocycles. The van der Waals surface area contributed by atoms with Crippen molar-refractivity contribution in [2.24, 2.45) is 0 Å². The number of aromatic nitrogens is 1. The van der Waals surface area contributed by atoms with Gasteiger partial charge >= 0.3 is 5.97 Å². The van der Waals surface area contributed by atoms with Crippen molar-refractivity contribution in [3.63, 3.8) is 0 Å². The zero-order chi connectivity index (χ0) is 28.8. The molecule has 2 N–H and O–H groups in total. The fourth-order valence-electron chi connectivity index (χ4n) is 4.01. The SMILES string of the molecule is COC(=O)CC(O)CC(O)C=Cc1c(-c2ccc(F)cc2)nc(C)c(CO[Si](C)(C)C(C)(C)C)c1C(C)C. The van der Waals surface area contributed by atoms with Gasteiger partial charge in [-0.3, -0.25) is 9.78 Å². The van der Waals surface area contributed by atoms with Crippen molar-refractivity contribution in [1.29, 1.82) is 0 Å². The number of hydrogen-bond donors (Lipinski definition) is 2. The lowest BCUT2D eigenvalue weighted by molar-refractivity contribution is -0.143. The normalized spacial score (nSPS) is 14.2. The molecule has 210 valence electrons. The largest absolute Gasteiger partial charge is 0.469 e. The van der Waals surface area contributed by atoms with Crippen molar-refractivity contribution in [2.75, 3.05) is 7.11 Å². The Morgan fingerprint density at radius 2 is 1.76 bits per heavy atom. The Kier molecular flexibility index (Phi) is 11.0. The second kappa shape index (κ2) is 13.1. The first-order valence-corrected chi connectivity index (χ1v) is 16.0. The Hall–Kier alpha value is -2.39. The lowest BCUT2D eigenvalue weighted by Gasteiger charge is -2.36. The Bertz CT molecular complexity index is 1120. The monoisotopic (exact) mass is 545 g/mol. The van der Waals surface area contributed by atoms with Gasteiger partial charge in [0.05, 0.1) is 38.0 Å². The van der Waals surface area contributed by atoms with Crippen LogP contribution in [0.4, 0.5) is 4.39 Å². The minimum absolute atomic E-state index is 0.0187. The summed E-state index contributed by atoms with van der Waals surface area (Å²) in [7, 11) is -0.778. The van der Waals surface area contributed by atoms with Crippen molar-refractivity contribution in [3.8, 4) is 11.3 Å². The highest BCUT2D eigenvalue weighted by molar-refractivity contribution is 6.74. The van der Waals surface area contributed by atoms with Crippen LogP contribution in [-0.2, 0) is 20.6 Å². The van der Waals surface area contributed by atoms with Crippen LogP contribution in [-0.4, -0.2) is 48.8 Å². The highest BCUT2D eigenvalue weighted by atomic mass is 28.4. The van der Waals surface area contributed by atoms with E-state index in [1.165, 1.54) is 19.2 Å². The minimum Gasteiger partial charge on any atom is -0.469 e. The fourth-order valence-corrected chi connectivity index (χ4v) is 4.95. The smallest absolute Gasteiger partial charge is 0.308 e. The van der Waals surface area contributed by atoms with E-state index in [4.69, 9.17) is 9.41 Å². The molecule has 0 aliphatic heterocycles. The van der Waals surface area contributed by atoms with Gasteiger partial charge in [-0.25, -0.2) is 4.39 Å². The number of methoxy groups -OCH3 is 1. The van der Waals surface area contributed by atoms with Crippen LogP contribution < -0.4 is 0 Å². The predicted octanol–water partition coefficient (Wildman–Crippen LogP) is 6.53. The second-order valence-corrected chi connectivity index (χ2v) is 16.5. The maximum Gasteiger partial charge on any atom is 0.308 e. The first-order chi connectivity index (χ1) is 17.6. The molecular formula is C30H44FNO5Si. The summed E-state index contributed by atoms with van der Waals surface area (Å²) in [5.41, 5.74) is 5.16. The van der Waals surface area contributed by atoms with Gasteiger partial charge in [-0.1, -0.05) is 46.8 Å². The van der Waals surface area contributed by atoms with Crippen molar-refractivity contribution in [2.45, 2.75) is 97.2 Å². The summed E-state index contributed by atoms with van der Waals surface area (Å²) < 4.78 is 24.9. The van der Waals surface area contributed by atoms with E-state index in [0.29, 0.717) is 12.3 Å². The van der Waals surface area contributed by atoms with Crippen molar-refractivity contribution in [3.05, 3.63) is 58.5 Å². The molecule has 1 aromatic carbocycles. The standard InChI is InChI=1S/C30H44FNO5Si/c1-19(2)28-25(15-14-23(33)16-24(34)17-27(35)36-7)29(21-10-12-22(31)13-11-21)32-20(3)26(28)18-37-38(8,9)30(4,5)6/h10-15,19,23-24,33-34H,16-18H2,1-9H3. The van der Waals surface area contributed by atoms with Crippen LogP contribution in [0.1, 0.15) is 75.8 Å². The fraction of sp³-hybridized carbons (Fsp3) is 0.533. The summed E-state index contributed by atoms with van der Waals surface area (Å²) >= 11 is 0. The number of carbonyl (C=O) groups is 1. The molecule has 0 spiro atoms. The van der Waals surface area contributed by atoms with Crippen LogP contribution in [0.2, 0.25) is 18.1 Å². The maximum atomic E-state index is 13.7. The number of rotatable bonds is 11. The Labute approximate surface area is 228 Å². The summed E-state index contributed by atoms with van der Waals surface area (Å²) in [6, 6.07) is 6.20. The van der Waals surface area contributed by atoms with Crippen molar-refractivity contribution < 1.29 is 28.6 Å². The number of ether oxygens (including phenoxy) is 1. The molecule has 0 radical (unpaired) electrons. The third-order valence-corrected chi connectivity index (χ3v) is 11.8. The highest BCUT2D eigenvalue weighted by Gasteiger charge is 2.37. The average Bonchev–Trinajstić information content (AvgIpc) is 2.81. The van der Waals surface area contributed by atoms with Gasteiger partial charge in [0.25, 0.3) is 0 Å². The number of aryl methyl sites for hydroxylation is 1. The van der Waals surface area contributed by atoms with Gasteiger partial charge in [-0.15, -0.1) is 0 Å². The third-order valence-electron chi connectivity index (χ3n) is 7.29. The first-order valence-electron chi connectivity index (χ1n) is 13.1. The number of aliphatic hydroxyl groups excluding tert-OH is 2. The van der Waals surface area contributed by atoms with Gasteiger partial charge in [0.2, 0.25) is 0 Å². The number of esters is 1. The van der Waals surface area contributed by atoms with E-state index in [0.717, 1.165) is 27.9 Å². The molecular weight excluding hydrogens is 501 g/mol. The molecule has 1 heterocycles. The Morgan fingerprint density at radius 3 is 2.29 bits per heavy atom. The molecule has 2 rings (SSSR count). The number of pyridine rings is 1. The topological polar surface area (TPSA) is 88.9 Å². The zero-order valence-electron chi connectivity index (χ0n) is 24.3. The molecule has 2 unspecified atom stereocenters. The Balaban J connectivity index is 2.59. The van der Waals surface area contributed by atoms with Crippen LogP contribution >= 0.6 is 0 Å². The molecule has 0 saturated heterocycles. The van der Waals surface area contributed by atoms with E-state index >= 15 is 0 Å². The minimum atomic E-state index is -2.03. The lowest BCUT2D eigenvalue weighted by Crippen LogP contribution is -2.40. The van der Waals surface area contributed by atoms with Crippen LogP contribution in [0.15, 0.2) is 30.3 Å². The number of halogens is 1. The second-order valence-electron chi connectivity index (χ2n) is 11.7. The number of benzene rings is 1. The highest BCUT2D eigenvalue weighted by Crippen LogP contribution is 2.39. The molecule has 8 heteroatoms. The Morgan fingerprint density at radius 1 is 1.16 bits per heavy atom. The first kappa shape index (κ1) is 31.8. The molecule has 2 aromatic rings. The van der Waals surface area contributed by atoms with Crippen LogP contribution in [0.25, 0.3) is 17.3 Å². The van der Waals surface area contributed by atoms with Crippen LogP contribution in [0.3, 0.4) is 0 Å². The molecule has 0 saturated carbocycles. The van der Waals surface area contributed by atoms with Crippen molar-refractivity contribution in [1.82, 2.24) is 4.98 Å². The molecule has 0 amide bonds. The summed E-state index contributed by atoms with van der Waals surface area (Å²) in [6.45, 7) is 17.6. The van der Waals surface area contributed by atoms with Gasteiger partial charge in [0.15, 0.2) is 8.32 Å². The number of nitrogens with zero attached hydrogens (tertiary/aromatic N) is 1. The van der Waals surface area contributed by atoms with E-state index in [9.17, 15) is 19.4 Å². The van der Waals surface area contributed by atoms with E-state index in [2.05, 4.69) is 52.4 Å². The molecule has 38 heavy (non-hydrogen) atoms. The van der Waals surface area contributed by atoms with E-state index in [-0.39, 0.29) is 29.6 Å².